The molecule has 1 amide bonds. The molecule has 0 aliphatic carbocycles. The van der Waals surface area contributed by atoms with Crippen molar-refractivity contribution in [1.82, 2.24) is 5.32 Å². The molecule has 2 rings (SSSR count). The molecule has 1 N–H and O–H groups in total. The lowest BCUT2D eigenvalue weighted by Crippen LogP contribution is -2.29. The van der Waals surface area contributed by atoms with Crippen molar-refractivity contribution in [2.24, 2.45) is 0 Å². The van der Waals surface area contributed by atoms with Crippen LogP contribution in [0.5, 0.6) is 5.75 Å². The van der Waals surface area contributed by atoms with Crippen molar-refractivity contribution in [2.75, 3.05) is 6.61 Å². The number of nitrogens with one attached hydrogen (secondary N) is 1. The number of nitriles is 1. The average Bonchev–Trinajstić information content (AvgIpc) is 2.65. The molecule has 1 atom stereocenters. The number of aliphatic carboxylic acids is 1. The summed E-state index contributed by atoms with van der Waals surface area (Å²) >= 11 is 0. The summed E-state index contributed by atoms with van der Waals surface area (Å²) in [6.45, 7) is 1.20. The molecular formula is C20H17N2O4-. The van der Waals surface area contributed by atoms with Gasteiger partial charge in [0.2, 0.25) is 0 Å². The van der Waals surface area contributed by atoms with Crippen LogP contribution in [0.2, 0.25) is 0 Å². The Morgan fingerprint density at radius 2 is 1.85 bits per heavy atom. The van der Waals surface area contributed by atoms with Gasteiger partial charge in [-0.15, -0.1) is 0 Å². The smallest absolute Gasteiger partial charge is 0.262 e. The fourth-order valence-corrected chi connectivity index (χ4v) is 2.27. The van der Waals surface area contributed by atoms with E-state index in [9.17, 15) is 20.0 Å². The van der Waals surface area contributed by atoms with Gasteiger partial charge in [-0.1, -0.05) is 48.5 Å². The van der Waals surface area contributed by atoms with E-state index in [1.165, 1.54) is 6.08 Å². The number of carbonyl (C=O) groups is 2. The molecule has 6 nitrogen and oxygen atoms in total. The predicted molar refractivity (Wildman–Crippen MR) is 93.5 cm³/mol. The Balaban J connectivity index is 2.18. The van der Waals surface area contributed by atoms with Gasteiger partial charge in [0.05, 0.1) is 12.0 Å². The van der Waals surface area contributed by atoms with Crippen molar-refractivity contribution in [3.05, 3.63) is 71.3 Å². The highest BCUT2D eigenvalue weighted by Crippen LogP contribution is 2.21. The van der Waals surface area contributed by atoms with Crippen LogP contribution in [0.4, 0.5) is 0 Å². The van der Waals surface area contributed by atoms with Crippen molar-refractivity contribution < 1.29 is 19.4 Å². The van der Waals surface area contributed by atoms with Crippen LogP contribution in [-0.2, 0) is 9.59 Å². The van der Waals surface area contributed by atoms with E-state index in [4.69, 9.17) is 4.74 Å². The molecule has 2 aromatic rings. The van der Waals surface area contributed by atoms with Gasteiger partial charge in [-0.05, 0) is 24.6 Å². The summed E-state index contributed by atoms with van der Waals surface area (Å²) in [4.78, 5) is 23.0. The molecule has 0 fully saturated rings. The Morgan fingerprint density at radius 1 is 1.19 bits per heavy atom. The van der Waals surface area contributed by atoms with Crippen LogP contribution in [0.15, 0.2) is 60.2 Å². The molecule has 0 unspecified atom stereocenters. The molecule has 0 saturated heterocycles. The number of hydrogen-bond acceptors (Lipinski definition) is 5. The molecule has 2 aromatic carbocycles. The van der Waals surface area contributed by atoms with E-state index < -0.39 is 18.5 Å². The van der Waals surface area contributed by atoms with Gasteiger partial charge >= 0.3 is 0 Å². The normalized spacial score (nSPS) is 11.9. The first-order valence-electron chi connectivity index (χ1n) is 7.90. The number of nitrogens with zero attached hydrogens (tertiary/aromatic N) is 1. The molecule has 0 bridgehead atoms. The van der Waals surface area contributed by atoms with Crippen molar-refractivity contribution in [3.8, 4) is 11.8 Å². The van der Waals surface area contributed by atoms with E-state index >= 15 is 0 Å². The fraction of sp³-hybridized carbons (Fsp3) is 0.150. The number of amides is 1. The molecule has 132 valence electrons. The summed E-state index contributed by atoms with van der Waals surface area (Å²) in [5.74, 6) is -1.65. The first-order valence-corrected chi connectivity index (χ1v) is 7.90. The minimum Gasteiger partial charge on any atom is -0.546 e. The first-order chi connectivity index (χ1) is 12.5. The summed E-state index contributed by atoms with van der Waals surface area (Å²) in [6.07, 6.45) is 1.36. The topological polar surface area (TPSA) is 102 Å². The third-order valence-corrected chi connectivity index (χ3v) is 3.58. The summed E-state index contributed by atoms with van der Waals surface area (Å²) in [6, 6.07) is 17.5. The third-order valence-electron chi connectivity index (χ3n) is 3.58. The largest absolute Gasteiger partial charge is 0.546 e. The van der Waals surface area contributed by atoms with Crippen LogP contribution in [0.1, 0.15) is 24.1 Å². The lowest BCUT2D eigenvalue weighted by molar-refractivity contribution is -0.307. The Bertz CT molecular complexity index is 854. The standard InChI is InChI=1S/C20H18N2O4/c1-14(15-7-3-2-4-8-15)22-20(25)17(12-21)11-16-9-5-6-10-18(16)26-13-19(23)24/h2-11,14H,13H2,1H3,(H,22,25)(H,23,24)/p-1/b17-11+/t14-/m0/s1. The number of hydrogen-bond donors (Lipinski definition) is 1. The van der Waals surface area contributed by atoms with Gasteiger partial charge in [0, 0.05) is 5.56 Å². The molecular weight excluding hydrogens is 332 g/mol. The molecule has 26 heavy (non-hydrogen) atoms. The molecule has 6 heteroatoms. The molecule has 0 radical (unpaired) electrons. The molecule has 0 aromatic heterocycles. The fourth-order valence-electron chi connectivity index (χ4n) is 2.27. The summed E-state index contributed by atoms with van der Waals surface area (Å²) in [5, 5.41) is 22.6. The Hall–Kier alpha value is -3.59. The van der Waals surface area contributed by atoms with E-state index in [0.717, 1.165) is 5.56 Å². The lowest BCUT2D eigenvalue weighted by atomic mass is 10.1. The molecule has 0 saturated carbocycles. The van der Waals surface area contributed by atoms with E-state index in [1.54, 1.807) is 24.3 Å². The Labute approximate surface area is 151 Å². The minimum absolute atomic E-state index is 0.114. The summed E-state index contributed by atoms with van der Waals surface area (Å²) in [5.41, 5.74) is 1.22. The zero-order valence-electron chi connectivity index (χ0n) is 14.1. The van der Waals surface area contributed by atoms with Crippen LogP contribution in [-0.4, -0.2) is 18.5 Å². The maximum atomic E-state index is 12.4. The second-order valence-corrected chi connectivity index (χ2v) is 5.47. The van der Waals surface area contributed by atoms with E-state index in [-0.39, 0.29) is 17.4 Å². The average molecular weight is 349 g/mol. The highest BCUT2D eigenvalue weighted by molar-refractivity contribution is 6.02. The number of carboxylic acid groups (broad SMARTS) is 1. The van der Waals surface area contributed by atoms with E-state index in [2.05, 4.69) is 5.32 Å². The highest BCUT2D eigenvalue weighted by atomic mass is 16.5. The third kappa shape index (κ3) is 5.21. The number of para-hydroxylation sites is 1. The van der Waals surface area contributed by atoms with Crippen LogP contribution >= 0.6 is 0 Å². The zero-order chi connectivity index (χ0) is 18.9. The van der Waals surface area contributed by atoms with Gasteiger partial charge in [-0.2, -0.15) is 5.26 Å². The van der Waals surface area contributed by atoms with Crippen LogP contribution in [0, 0.1) is 11.3 Å². The molecule has 0 aliphatic heterocycles. The van der Waals surface area contributed by atoms with E-state index in [0.29, 0.717) is 5.56 Å². The van der Waals surface area contributed by atoms with Crippen molar-refractivity contribution in [2.45, 2.75) is 13.0 Å². The Kier molecular flexibility index (Phi) is 6.52. The van der Waals surface area contributed by atoms with Gasteiger partial charge in [0.15, 0.2) is 0 Å². The maximum Gasteiger partial charge on any atom is 0.262 e. The van der Waals surface area contributed by atoms with Gasteiger partial charge in [-0.25, -0.2) is 0 Å². The van der Waals surface area contributed by atoms with Gasteiger partial charge in [0.25, 0.3) is 5.91 Å². The molecule has 0 heterocycles. The maximum absolute atomic E-state index is 12.4. The van der Waals surface area contributed by atoms with Gasteiger partial charge in [0.1, 0.15) is 24.0 Å². The second-order valence-electron chi connectivity index (χ2n) is 5.47. The lowest BCUT2D eigenvalue weighted by Gasteiger charge is -2.14. The van der Waals surface area contributed by atoms with Gasteiger partial charge in [-0.3, -0.25) is 4.79 Å². The second kappa shape index (κ2) is 9.04. The monoisotopic (exact) mass is 349 g/mol. The first kappa shape index (κ1) is 18.7. The number of carboxylic acids is 1. The summed E-state index contributed by atoms with van der Waals surface area (Å²) in [7, 11) is 0. The van der Waals surface area contributed by atoms with Crippen molar-refractivity contribution in [1.29, 1.82) is 5.26 Å². The van der Waals surface area contributed by atoms with Crippen LogP contribution < -0.4 is 15.2 Å². The van der Waals surface area contributed by atoms with E-state index in [1.807, 2.05) is 43.3 Å². The van der Waals surface area contributed by atoms with Crippen LogP contribution in [0.25, 0.3) is 6.08 Å². The van der Waals surface area contributed by atoms with Crippen molar-refractivity contribution in [3.63, 3.8) is 0 Å². The predicted octanol–water partition coefficient (Wildman–Crippen LogP) is 1.60. The SMILES string of the molecule is C[C@H](NC(=O)/C(C#N)=C/c1ccccc1OCC(=O)[O-])c1ccccc1. The van der Waals surface area contributed by atoms with Crippen LogP contribution in [0.3, 0.4) is 0 Å². The number of benzene rings is 2. The minimum atomic E-state index is -1.36. The number of rotatable bonds is 7. The van der Waals surface area contributed by atoms with Gasteiger partial charge < -0.3 is 20.0 Å². The quantitative estimate of drug-likeness (QED) is 0.604. The highest BCUT2D eigenvalue weighted by Gasteiger charge is 2.14. The van der Waals surface area contributed by atoms with Crippen molar-refractivity contribution >= 4 is 18.0 Å². The zero-order valence-corrected chi connectivity index (χ0v) is 14.1. The Morgan fingerprint density at radius 3 is 2.50 bits per heavy atom. The molecule has 0 spiro atoms. The number of carbonyl (C=O) groups excluding carboxylic acids is 2. The molecule has 0 aliphatic rings. The summed E-state index contributed by atoms with van der Waals surface area (Å²) < 4.78 is 5.13. The number of ether oxygens (including phenoxy) is 1.